The standard InChI is InChI=1S/C21H16IN3O3/c1-13-16(10-23)20(27)25(12-14-5-3-2-4-6-14)21(28)17(13)11-24-18-9-15(22)7-8-19(18)26/h2-9,11,24,26H,12H2,1H3/b17-11-. The Kier molecular flexibility index (Phi) is 5.80. The van der Waals surface area contributed by atoms with E-state index in [0.717, 1.165) is 14.0 Å². The maximum atomic E-state index is 13.0. The summed E-state index contributed by atoms with van der Waals surface area (Å²) in [6, 6.07) is 16.0. The molecule has 0 saturated heterocycles. The number of hydrogen-bond donors (Lipinski definition) is 2. The third-order valence-corrected chi connectivity index (χ3v) is 5.01. The van der Waals surface area contributed by atoms with Crippen molar-refractivity contribution in [3.05, 3.63) is 80.6 Å². The van der Waals surface area contributed by atoms with Crippen LogP contribution in [-0.2, 0) is 16.1 Å². The summed E-state index contributed by atoms with van der Waals surface area (Å²) in [4.78, 5) is 26.7. The number of nitrogens with zero attached hydrogens (tertiary/aromatic N) is 2. The summed E-state index contributed by atoms with van der Waals surface area (Å²) in [6.07, 6.45) is 1.42. The molecule has 1 aliphatic heterocycles. The predicted molar refractivity (Wildman–Crippen MR) is 113 cm³/mol. The van der Waals surface area contributed by atoms with Crippen molar-refractivity contribution in [2.75, 3.05) is 5.32 Å². The van der Waals surface area contributed by atoms with Crippen LogP contribution in [0.1, 0.15) is 12.5 Å². The lowest BCUT2D eigenvalue weighted by molar-refractivity contribution is -0.141. The normalized spacial score (nSPS) is 15.8. The molecule has 2 aromatic rings. The van der Waals surface area contributed by atoms with Gasteiger partial charge in [-0.1, -0.05) is 30.3 Å². The van der Waals surface area contributed by atoms with E-state index in [2.05, 4.69) is 27.9 Å². The summed E-state index contributed by atoms with van der Waals surface area (Å²) in [5, 5.41) is 22.3. The van der Waals surface area contributed by atoms with Crippen LogP contribution in [0.4, 0.5) is 5.69 Å². The number of phenolic OH excluding ortho intramolecular Hbond substituents is 1. The number of benzene rings is 2. The third kappa shape index (κ3) is 3.92. The van der Waals surface area contributed by atoms with Crippen molar-refractivity contribution in [1.82, 2.24) is 4.90 Å². The number of imide groups is 1. The van der Waals surface area contributed by atoms with Crippen LogP contribution in [0.15, 0.2) is 71.5 Å². The first-order valence-corrected chi connectivity index (χ1v) is 9.47. The van der Waals surface area contributed by atoms with Gasteiger partial charge in [0.05, 0.1) is 17.8 Å². The summed E-state index contributed by atoms with van der Waals surface area (Å²) in [5.41, 5.74) is 1.63. The molecule has 0 aromatic heterocycles. The van der Waals surface area contributed by atoms with E-state index in [9.17, 15) is 20.0 Å². The zero-order valence-electron chi connectivity index (χ0n) is 14.9. The molecule has 2 aromatic carbocycles. The topological polar surface area (TPSA) is 93.4 Å². The van der Waals surface area contributed by atoms with Gasteiger partial charge in [0.1, 0.15) is 17.4 Å². The molecule has 1 heterocycles. The van der Waals surface area contributed by atoms with Crippen molar-refractivity contribution in [2.45, 2.75) is 13.5 Å². The van der Waals surface area contributed by atoms with E-state index in [0.29, 0.717) is 11.3 Å². The molecule has 0 fully saturated rings. The van der Waals surface area contributed by atoms with Gasteiger partial charge >= 0.3 is 0 Å². The van der Waals surface area contributed by atoms with Gasteiger partial charge in [-0.15, -0.1) is 0 Å². The number of nitriles is 1. The molecule has 28 heavy (non-hydrogen) atoms. The molecule has 0 aliphatic carbocycles. The zero-order valence-corrected chi connectivity index (χ0v) is 17.1. The van der Waals surface area contributed by atoms with Crippen LogP contribution in [0, 0.1) is 14.9 Å². The van der Waals surface area contributed by atoms with Crippen LogP contribution < -0.4 is 5.32 Å². The quantitative estimate of drug-likeness (QED) is 0.298. The number of halogens is 1. The summed E-state index contributed by atoms with van der Waals surface area (Å²) in [7, 11) is 0. The fourth-order valence-electron chi connectivity index (χ4n) is 2.81. The highest BCUT2D eigenvalue weighted by atomic mass is 127. The van der Waals surface area contributed by atoms with Gasteiger partial charge in [-0.05, 0) is 58.9 Å². The van der Waals surface area contributed by atoms with Crippen LogP contribution in [0.3, 0.4) is 0 Å². The lowest BCUT2D eigenvalue weighted by Gasteiger charge is -2.27. The maximum absolute atomic E-state index is 13.0. The van der Waals surface area contributed by atoms with Gasteiger partial charge in [-0.2, -0.15) is 5.26 Å². The molecular weight excluding hydrogens is 469 g/mol. The van der Waals surface area contributed by atoms with Gasteiger partial charge in [-0.3, -0.25) is 14.5 Å². The van der Waals surface area contributed by atoms with Crippen LogP contribution in [0.2, 0.25) is 0 Å². The maximum Gasteiger partial charge on any atom is 0.271 e. The lowest BCUT2D eigenvalue weighted by Crippen LogP contribution is -2.42. The highest BCUT2D eigenvalue weighted by Gasteiger charge is 2.35. The van der Waals surface area contributed by atoms with E-state index in [4.69, 9.17) is 0 Å². The van der Waals surface area contributed by atoms with Crippen LogP contribution in [0.25, 0.3) is 0 Å². The molecule has 0 atom stereocenters. The van der Waals surface area contributed by atoms with E-state index in [1.54, 1.807) is 25.1 Å². The van der Waals surface area contributed by atoms with Crippen molar-refractivity contribution in [1.29, 1.82) is 5.26 Å². The minimum Gasteiger partial charge on any atom is -0.506 e. The van der Waals surface area contributed by atoms with Crippen molar-refractivity contribution in [3.8, 4) is 11.8 Å². The van der Waals surface area contributed by atoms with E-state index >= 15 is 0 Å². The molecule has 2 amide bonds. The van der Waals surface area contributed by atoms with Gasteiger partial charge in [0, 0.05) is 9.77 Å². The Morgan fingerprint density at radius 3 is 2.57 bits per heavy atom. The van der Waals surface area contributed by atoms with E-state index in [-0.39, 0.29) is 23.4 Å². The van der Waals surface area contributed by atoms with E-state index < -0.39 is 11.8 Å². The Balaban J connectivity index is 1.98. The second kappa shape index (κ2) is 8.27. The fraction of sp³-hybridized carbons (Fsp3) is 0.0952. The molecular formula is C21H16IN3O3. The second-order valence-corrected chi connectivity index (χ2v) is 7.40. The van der Waals surface area contributed by atoms with Gasteiger partial charge in [0.25, 0.3) is 11.8 Å². The van der Waals surface area contributed by atoms with E-state index in [1.165, 1.54) is 6.20 Å². The van der Waals surface area contributed by atoms with Crippen molar-refractivity contribution in [2.24, 2.45) is 0 Å². The molecule has 7 heteroatoms. The molecule has 0 saturated carbocycles. The molecule has 1 aliphatic rings. The van der Waals surface area contributed by atoms with Crippen molar-refractivity contribution < 1.29 is 14.7 Å². The molecule has 0 spiro atoms. The smallest absolute Gasteiger partial charge is 0.271 e. The molecule has 0 bridgehead atoms. The molecule has 3 rings (SSSR count). The molecule has 140 valence electrons. The number of nitrogens with one attached hydrogen (secondary N) is 1. The monoisotopic (exact) mass is 485 g/mol. The van der Waals surface area contributed by atoms with Crippen LogP contribution >= 0.6 is 22.6 Å². The first kappa shape index (κ1) is 19.6. The summed E-state index contributed by atoms with van der Waals surface area (Å²) >= 11 is 2.11. The number of phenols is 1. The Morgan fingerprint density at radius 2 is 1.89 bits per heavy atom. The number of carbonyl (C=O) groups is 2. The Labute approximate surface area is 175 Å². The number of anilines is 1. The second-order valence-electron chi connectivity index (χ2n) is 6.16. The fourth-order valence-corrected chi connectivity index (χ4v) is 3.30. The first-order valence-electron chi connectivity index (χ1n) is 8.39. The number of hydrogen-bond acceptors (Lipinski definition) is 5. The number of rotatable bonds is 4. The first-order chi connectivity index (χ1) is 13.4. The van der Waals surface area contributed by atoms with Crippen LogP contribution in [0.5, 0.6) is 5.75 Å². The molecule has 6 nitrogen and oxygen atoms in total. The van der Waals surface area contributed by atoms with Gasteiger partial charge < -0.3 is 10.4 Å². The van der Waals surface area contributed by atoms with Crippen molar-refractivity contribution in [3.63, 3.8) is 0 Å². The molecule has 2 N–H and O–H groups in total. The zero-order chi connectivity index (χ0) is 20.3. The highest BCUT2D eigenvalue weighted by Crippen LogP contribution is 2.29. The Hall–Kier alpha value is -3.12. The number of amides is 2. The minimum atomic E-state index is -0.608. The van der Waals surface area contributed by atoms with Gasteiger partial charge in [0.2, 0.25) is 0 Å². The minimum absolute atomic E-state index is 0.0277. The van der Waals surface area contributed by atoms with E-state index in [1.807, 2.05) is 36.4 Å². The third-order valence-electron chi connectivity index (χ3n) is 4.34. The highest BCUT2D eigenvalue weighted by molar-refractivity contribution is 14.1. The van der Waals surface area contributed by atoms with Gasteiger partial charge in [0.15, 0.2) is 0 Å². The summed E-state index contributed by atoms with van der Waals surface area (Å²) in [6.45, 7) is 1.64. The largest absolute Gasteiger partial charge is 0.506 e. The van der Waals surface area contributed by atoms with Crippen LogP contribution in [-0.4, -0.2) is 21.8 Å². The van der Waals surface area contributed by atoms with Crippen molar-refractivity contribution >= 4 is 40.1 Å². The predicted octanol–water partition coefficient (Wildman–Crippen LogP) is 3.70. The SMILES string of the molecule is CC1=C(C#N)C(=O)N(Cc2ccccc2)C(=O)/C1=C\Nc1cc(I)ccc1O. The number of aromatic hydroxyl groups is 1. The average Bonchev–Trinajstić information content (AvgIpc) is 2.69. The lowest BCUT2D eigenvalue weighted by atomic mass is 9.95. The van der Waals surface area contributed by atoms with Gasteiger partial charge in [-0.25, -0.2) is 0 Å². The molecule has 0 radical (unpaired) electrons. The number of carbonyl (C=O) groups excluding carboxylic acids is 2. The average molecular weight is 485 g/mol. The molecule has 0 unspecified atom stereocenters. The Bertz CT molecular complexity index is 1050. The summed E-state index contributed by atoms with van der Waals surface area (Å²) < 4.78 is 0.900. The summed E-state index contributed by atoms with van der Waals surface area (Å²) in [5.74, 6) is -1.08. The Morgan fingerprint density at radius 1 is 1.18 bits per heavy atom.